The van der Waals surface area contributed by atoms with Crippen molar-refractivity contribution < 1.29 is 17.9 Å². The number of ether oxygens (including phenoxy) is 1. The fourth-order valence-corrected chi connectivity index (χ4v) is 4.07. The van der Waals surface area contributed by atoms with Gasteiger partial charge in [-0.1, -0.05) is 36.4 Å². The van der Waals surface area contributed by atoms with Gasteiger partial charge < -0.3 is 10.1 Å². The van der Waals surface area contributed by atoms with E-state index in [4.69, 9.17) is 4.74 Å². The van der Waals surface area contributed by atoms with E-state index in [0.29, 0.717) is 24.2 Å². The van der Waals surface area contributed by atoms with Gasteiger partial charge in [0.1, 0.15) is 5.75 Å². The summed E-state index contributed by atoms with van der Waals surface area (Å²) in [4.78, 5) is 12.5. The van der Waals surface area contributed by atoms with E-state index in [-0.39, 0.29) is 10.8 Å². The average Bonchev–Trinajstić information content (AvgIpc) is 2.75. The number of amides is 1. The summed E-state index contributed by atoms with van der Waals surface area (Å²) in [6, 6.07) is 20.9. The third-order valence-electron chi connectivity index (χ3n) is 4.59. The van der Waals surface area contributed by atoms with Crippen LogP contribution in [0.3, 0.4) is 0 Å². The Bertz CT molecular complexity index is 1130. The minimum Gasteiger partial charge on any atom is -0.497 e. The molecular weight excluding hydrogens is 400 g/mol. The normalized spacial score (nSPS) is 11.0. The molecule has 0 bridgehead atoms. The Morgan fingerprint density at radius 3 is 2.47 bits per heavy atom. The summed E-state index contributed by atoms with van der Waals surface area (Å²) in [5, 5.41) is 2.83. The van der Waals surface area contributed by atoms with Gasteiger partial charge in [-0.15, -0.1) is 0 Å². The van der Waals surface area contributed by atoms with Crippen molar-refractivity contribution in [2.45, 2.75) is 24.7 Å². The van der Waals surface area contributed by atoms with Gasteiger partial charge in [-0.25, -0.2) is 8.42 Å². The van der Waals surface area contributed by atoms with E-state index in [9.17, 15) is 13.2 Å². The maximum Gasteiger partial charge on any atom is 0.261 e. The van der Waals surface area contributed by atoms with Crippen molar-refractivity contribution in [2.75, 3.05) is 17.1 Å². The van der Waals surface area contributed by atoms with Crippen molar-refractivity contribution in [1.29, 1.82) is 0 Å². The lowest BCUT2D eigenvalue weighted by atomic mass is 10.1. The van der Waals surface area contributed by atoms with Crippen LogP contribution in [0.15, 0.2) is 77.7 Å². The molecule has 0 unspecified atom stereocenters. The number of anilines is 2. The number of sulfonamides is 1. The van der Waals surface area contributed by atoms with Gasteiger partial charge in [-0.05, 0) is 60.9 Å². The Morgan fingerprint density at radius 1 is 0.967 bits per heavy atom. The maximum atomic E-state index is 12.6. The van der Waals surface area contributed by atoms with Crippen LogP contribution in [-0.4, -0.2) is 21.4 Å². The van der Waals surface area contributed by atoms with Gasteiger partial charge in [0.05, 0.1) is 17.7 Å². The summed E-state index contributed by atoms with van der Waals surface area (Å²) in [7, 11) is -2.10. The first kappa shape index (κ1) is 21.4. The molecule has 3 rings (SSSR count). The molecule has 2 N–H and O–H groups in total. The Kier molecular flexibility index (Phi) is 6.74. The molecule has 3 aromatic rings. The van der Waals surface area contributed by atoms with Crippen molar-refractivity contribution in [3.63, 3.8) is 0 Å². The SMILES string of the molecule is COc1cccc(CCC(=O)Nc2ccc(C)c(NS(=O)(=O)c3ccccc3)c2)c1. The minimum atomic E-state index is -3.71. The molecule has 1 amide bonds. The van der Waals surface area contributed by atoms with Crippen LogP contribution in [0.5, 0.6) is 5.75 Å². The first-order chi connectivity index (χ1) is 14.4. The molecule has 0 spiro atoms. The third-order valence-corrected chi connectivity index (χ3v) is 5.98. The Hall–Kier alpha value is -3.32. The number of carbonyl (C=O) groups excluding carboxylic acids is 1. The van der Waals surface area contributed by atoms with Gasteiger partial charge in [0.15, 0.2) is 0 Å². The number of rotatable bonds is 8. The summed E-state index contributed by atoms with van der Waals surface area (Å²) in [5.74, 6) is 0.598. The first-order valence-electron chi connectivity index (χ1n) is 9.49. The van der Waals surface area contributed by atoms with Crippen LogP contribution < -0.4 is 14.8 Å². The molecule has 0 aromatic heterocycles. The number of methoxy groups -OCH3 is 1. The summed E-state index contributed by atoms with van der Waals surface area (Å²) < 4.78 is 33.0. The van der Waals surface area contributed by atoms with Crippen molar-refractivity contribution in [1.82, 2.24) is 0 Å². The van der Waals surface area contributed by atoms with Crippen molar-refractivity contribution >= 4 is 27.3 Å². The largest absolute Gasteiger partial charge is 0.497 e. The van der Waals surface area contributed by atoms with Crippen molar-refractivity contribution in [3.8, 4) is 5.75 Å². The fourth-order valence-electron chi connectivity index (χ4n) is 2.92. The zero-order chi connectivity index (χ0) is 21.6. The van der Waals surface area contributed by atoms with Crippen molar-refractivity contribution in [2.24, 2.45) is 0 Å². The zero-order valence-electron chi connectivity index (χ0n) is 16.9. The van der Waals surface area contributed by atoms with E-state index in [1.807, 2.05) is 24.3 Å². The maximum absolute atomic E-state index is 12.6. The second kappa shape index (κ2) is 9.45. The van der Waals surface area contributed by atoms with Crippen LogP contribution in [0.4, 0.5) is 11.4 Å². The van der Waals surface area contributed by atoms with Crippen LogP contribution in [0, 0.1) is 6.92 Å². The quantitative estimate of drug-likeness (QED) is 0.562. The van der Waals surface area contributed by atoms with Gasteiger partial charge in [0.25, 0.3) is 10.0 Å². The van der Waals surface area contributed by atoms with Crippen LogP contribution in [0.2, 0.25) is 0 Å². The smallest absolute Gasteiger partial charge is 0.261 e. The summed E-state index contributed by atoms with van der Waals surface area (Å²) in [6.45, 7) is 1.80. The second-order valence-electron chi connectivity index (χ2n) is 6.85. The predicted octanol–water partition coefficient (Wildman–Crippen LogP) is 4.38. The molecule has 0 fully saturated rings. The molecule has 0 aliphatic heterocycles. The second-order valence-corrected chi connectivity index (χ2v) is 8.53. The van der Waals surface area contributed by atoms with E-state index < -0.39 is 10.0 Å². The van der Waals surface area contributed by atoms with Gasteiger partial charge in [0, 0.05) is 12.1 Å². The van der Waals surface area contributed by atoms with E-state index in [2.05, 4.69) is 10.0 Å². The van der Waals surface area contributed by atoms with Gasteiger partial charge in [-0.2, -0.15) is 0 Å². The lowest BCUT2D eigenvalue weighted by Gasteiger charge is -2.13. The molecule has 0 saturated heterocycles. The monoisotopic (exact) mass is 424 g/mol. The van der Waals surface area contributed by atoms with Crippen molar-refractivity contribution in [3.05, 3.63) is 83.9 Å². The Balaban J connectivity index is 1.66. The molecule has 0 aliphatic carbocycles. The Morgan fingerprint density at radius 2 is 1.73 bits per heavy atom. The standard InChI is InChI=1S/C23H24N2O4S/c1-17-11-13-19(16-22(17)25-30(27,28)21-9-4-3-5-10-21)24-23(26)14-12-18-7-6-8-20(15-18)29-2/h3-11,13,15-16,25H,12,14H2,1-2H3,(H,24,26). The number of aryl methyl sites for hydroxylation is 2. The molecule has 6 nitrogen and oxygen atoms in total. The molecule has 30 heavy (non-hydrogen) atoms. The predicted molar refractivity (Wildman–Crippen MR) is 118 cm³/mol. The van der Waals surface area contributed by atoms with Crippen LogP contribution in [0.25, 0.3) is 0 Å². The Labute approximate surface area is 177 Å². The van der Waals surface area contributed by atoms with E-state index in [1.54, 1.807) is 50.4 Å². The molecule has 7 heteroatoms. The molecule has 156 valence electrons. The molecule has 0 heterocycles. The molecular formula is C23H24N2O4S. The number of hydrogen-bond donors (Lipinski definition) is 2. The van der Waals surface area contributed by atoms with Crippen LogP contribution in [-0.2, 0) is 21.2 Å². The average molecular weight is 425 g/mol. The summed E-state index contributed by atoms with van der Waals surface area (Å²) in [6.07, 6.45) is 0.870. The summed E-state index contributed by atoms with van der Waals surface area (Å²) >= 11 is 0. The fraction of sp³-hybridized carbons (Fsp3) is 0.174. The number of hydrogen-bond acceptors (Lipinski definition) is 4. The number of carbonyl (C=O) groups is 1. The summed E-state index contributed by atoms with van der Waals surface area (Å²) in [5.41, 5.74) is 2.71. The van der Waals surface area contributed by atoms with E-state index >= 15 is 0 Å². The van der Waals surface area contributed by atoms with E-state index in [1.165, 1.54) is 12.1 Å². The molecule has 0 aliphatic rings. The highest BCUT2D eigenvalue weighted by Crippen LogP contribution is 2.24. The topological polar surface area (TPSA) is 84.5 Å². The first-order valence-corrected chi connectivity index (χ1v) is 11.0. The highest BCUT2D eigenvalue weighted by Gasteiger charge is 2.15. The lowest BCUT2D eigenvalue weighted by molar-refractivity contribution is -0.116. The molecule has 0 saturated carbocycles. The third kappa shape index (κ3) is 5.61. The molecule has 0 atom stereocenters. The van der Waals surface area contributed by atoms with Gasteiger partial charge in [-0.3, -0.25) is 9.52 Å². The number of benzene rings is 3. The van der Waals surface area contributed by atoms with Gasteiger partial charge >= 0.3 is 0 Å². The van der Waals surface area contributed by atoms with Crippen LogP contribution >= 0.6 is 0 Å². The van der Waals surface area contributed by atoms with Crippen LogP contribution in [0.1, 0.15) is 17.5 Å². The van der Waals surface area contributed by atoms with E-state index in [0.717, 1.165) is 16.9 Å². The highest BCUT2D eigenvalue weighted by atomic mass is 32.2. The lowest BCUT2D eigenvalue weighted by Crippen LogP contribution is -2.15. The molecule has 0 radical (unpaired) electrons. The zero-order valence-corrected chi connectivity index (χ0v) is 17.7. The number of nitrogens with one attached hydrogen (secondary N) is 2. The minimum absolute atomic E-state index is 0.154. The van der Waals surface area contributed by atoms with Gasteiger partial charge in [0.2, 0.25) is 5.91 Å². The highest BCUT2D eigenvalue weighted by molar-refractivity contribution is 7.92. The molecule has 3 aromatic carbocycles.